The maximum absolute atomic E-state index is 13.5. The molecule has 1 aliphatic carbocycles. The number of amides is 2. The van der Waals surface area contributed by atoms with Gasteiger partial charge in [0, 0.05) is 24.2 Å². The summed E-state index contributed by atoms with van der Waals surface area (Å²) in [5.41, 5.74) is 0.519. The number of pyridine rings is 1. The van der Waals surface area contributed by atoms with Crippen LogP contribution in [0, 0.1) is 5.92 Å². The van der Waals surface area contributed by atoms with Gasteiger partial charge in [-0.25, -0.2) is 13.4 Å². The van der Waals surface area contributed by atoms with E-state index in [1.807, 2.05) is 5.38 Å². The molecule has 4 rings (SSSR count). The van der Waals surface area contributed by atoms with Crippen LogP contribution in [0.4, 0.5) is 0 Å². The third-order valence-electron chi connectivity index (χ3n) is 7.46. The van der Waals surface area contributed by atoms with Crippen LogP contribution in [0.25, 0.3) is 0 Å². The van der Waals surface area contributed by atoms with Gasteiger partial charge >= 0.3 is 0 Å². The molecule has 2 fully saturated rings. The molecule has 0 aromatic carbocycles. The Labute approximate surface area is 222 Å². The smallest absolute Gasteiger partial charge is 0.260 e. The van der Waals surface area contributed by atoms with Crippen LogP contribution >= 0.6 is 11.3 Å². The van der Waals surface area contributed by atoms with Crippen molar-refractivity contribution >= 4 is 33.2 Å². The molecule has 0 radical (unpaired) electrons. The van der Waals surface area contributed by atoms with E-state index in [0.717, 1.165) is 25.7 Å². The van der Waals surface area contributed by atoms with E-state index < -0.39 is 28.2 Å². The molecule has 9 nitrogen and oxygen atoms in total. The number of nitrogens with zero attached hydrogens (tertiary/aromatic N) is 2. The van der Waals surface area contributed by atoms with Crippen LogP contribution in [0.2, 0.25) is 0 Å². The van der Waals surface area contributed by atoms with Crippen LogP contribution in [-0.4, -0.2) is 65.4 Å². The second kappa shape index (κ2) is 12.5. The number of thiophene rings is 1. The minimum Gasteiger partial charge on any atom is -0.390 e. The van der Waals surface area contributed by atoms with E-state index in [-0.39, 0.29) is 29.4 Å². The molecule has 0 bridgehead atoms. The first-order valence-corrected chi connectivity index (χ1v) is 15.4. The van der Waals surface area contributed by atoms with Gasteiger partial charge in [-0.05, 0) is 55.7 Å². The summed E-state index contributed by atoms with van der Waals surface area (Å²) in [7, 11) is -3.90. The lowest BCUT2D eigenvalue weighted by molar-refractivity contribution is -0.125. The van der Waals surface area contributed by atoms with Crippen molar-refractivity contribution in [3.8, 4) is 0 Å². The third-order valence-corrected chi connectivity index (χ3v) is 10.0. The van der Waals surface area contributed by atoms with Crippen molar-refractivity contribution in [2.45, 2.75) is 87.5 Å². The van der Waals surface area contributed by atoms with Crippen LogP contribution in [0.15, 0.2) is 46.2 Å². The van der Waals surface area contributed by atoms with Gasteiger partial charge in [-0.15, -0.1) is 0 Å². The van der Waals surface area contributed by atoms with Gasteiger partial charge in [0.1, 0.15) is 6.04 Å². The number of aliphatic hydroxyl groups is 1. The highest BCUT2D eigenvalue weighted by molar-refractivity contribution is 7.89. The summed E-state index contributed by atoms with van der Waals surface area (Å²) in [5, 5.41) is 20.4. The number of carbonyl (C=O) groups is 2. The molecule has 2 aliphatic rings. The summed E-state index contributed by atoms with van der Waals surface area (Å²) in [6, 6.07) is 4.68. The fourth-order valence-electron chi connectivity index (χ4n) is 5.28. The highest BCUT2D eigenvalue weighted by Gasteiger charge is 2.38. The molecule has 2 aromatic heterocycles. The second-order valence-corrected chi connectivity index (χ2v) is 12.7. The lowest BCUT2D eigenvalue weighted by Crippen LogP contribution is -2.54. The molecule has 0 unspecified atom stereocenters. The van der Waals surface area contributed by atoms with Crippen molar-refractivity contribution in [1.29, 1.82) is 0 Å². The van der Waals surface area contributed by atoms with E-state index in [4.69, 9.17) is 0 Å². The molecule has 4 atom stereocenters. The Morgan fingerprint density at radius 1 is 1.16 bits per heavy atom. The zero-order chi connectivity index (χ0) is 26.4. The van der Waals surface area contributed by atoms with Gasteiger partial charge in [-0.1, -0.05) is 38.2 Å². The molecule has 2 amide bonds. The number of rotatable bonds is 8. The van der Waals surface area contributed by atoms with E-state index >= 15 is 0 Å². The second-order valence-electron chi connectivity index (χ2n) is 10.1. The Morgan fingerprint density at radius 2 is 1.95 bits per heavy atom. The van der Waals surface area contributed by atoms with E-state index in [9.17, 15) is 23.1 Å². The molecule has 11 heteroatoms. The number of sulfonamides is 1. The van der Waals surface area contributed by atoms with Crippen molar-refractivity contribution in [3.63, 3.8) is 0 Å². The van der Waals surface area contributed by atoms with Crippen LogP contribution in [0.3, 0.4) is 0 Å². The minimum atomic E-state index is -3.90. The average Bonchev–Trinajstić information content (AvgIpc) is 3.40. The molecule has 1 aliphatic heterocycles. The van der Waals surface area contributed by atoms with Crippen molar-refractivity contribution in [1.82, 2.24) is 19.9 Å². The van der Waals surface area contributed by atoms with Crippen LogP contribution < -0.4 is 10.6 Å². The normalized spacial score (nSPS) is 24.6. The fourth-order valence-corrected chi connectivity index (χ4v) is 7.53. The molecular formula is C26H36N4O5S2. The predicted octanol–water partition coefficient (Wildman–Crippen LogP) is 2.93. The first kappa shape index (κ1) is 27.7. The van der Waals surface area contributed by atoms with Gasteiger partial charge < -0.3 is 15.7 Å². The number of hydrogen-bond acceptors (Lipinski definition) is 7. The zero-order valence-corrected chi connectivity index (χ0v) is 22.7. The first-order valence-electron chi connectivity index (χ1n) is 13.0. The SMILES string of the molecule is C[C@@H]1CC[C@H](NC(=O)[C@H](CC2CCCCC2)NC(=O)c2ccsc2)[C@@H](O)CN1S(=O)(=O)c1ccccn1. The number of β-amino-alcohol motifs (C(OH)–C–C–N with tert-alkyl or cyclic N) is 1. The average molecular weight is 549 g/mol. The van der Waals surface area contributed by atoms with Crippen LogP contribution in [-0.2, 0) is 14.8 Å². The van der Waals surface area contributed by atoms with Crippen LogP contribution in [0.1, 0.15) is 68.6 Å². The molecular weight excluding hydrogens is 512 g/mol. The Bertz CT molecular complexity index is 1140. The Balaban J connectivity index is 1.46. The zero-order valence-electron chi connectivity index (χ0n) is 21.1. The van der Waals surface area contributed by atoms with Gasteiger partial charge in [0.05, 0.1) is 17.7 Å². The number of aromatic nitrogens is 1. The Morgan fingerprint density at radius 3 is 2.62 bits per heavy atom. The maximum atomic E-state index is 13.5. The minimum absolute atomic E-state index is 0.0692. The van der Waals surface area contributed by atoms with Gasteiger partial charge in [0.25, 0.3) is 15.9 Å². The van der Waals surface area contributed by atoms with Gasteiger partial charge in [-0.3, -0.25) is 9.59 Å². The van der Waals surface area contributed by atoms with Crippen molar-refractivity contribution in [2.75, 3.05) is 6.54 Å². The topological polar surface area (TPSA) is 129 Å². The standard InChI is InChI=1S/C26H36N4O5S2/c1-18-10-11-21(23(31)16-30(18)37(34,35)24-9-5-6-13-27-24)28-26(33)22(15-19-7-3-2-4-8-19)29-25(32)20-12-14-36-17-20/h5-6,9,12-14,17-19,21-23,31H,2-4,7-8,10-11,15-16H2,1H3,(H,28,33)(H,29,32)/t18-,21+,22+,23+/m1/s1. The molecule has 2 aromatic rings. The summed E-state index contributed by atoms with van der Waals surface area (Å²) in [5.74, 6) is -0.280. The Kier molecular flexibility index (Phi) is 9.33. The maximum Gasteiger partial charge on any atom is 0.260 e. The number of carbonyl (C=O) groups excluding carboxylic acids is 2. The molecule has 3 heterocycles. The van der Waals surface area contributed by atoms with E-state index in [0.29, 0.717) is 30.7 Å². The van der Waals surface area contributed by atoms with E-state index in [1.54, 1.807) is 30.5 Å². The lowest BCUT2D eigenvalue weighted by Gasteiger charge is -2.30. The first-order chi connectivity index (χ1) is 17.8. The van der Waals surface area contributed by atoms with E-state index in [1.165, 1.54) is 34.3 Å². The molecule has 1 saturated heterocycles. The molecule has 3 N–H and O–H groups in total. The summed E-state index contributed by atoms with van der Waals surface area (Å²) in [4.78, 5) is 30.2. The Hall–Kier alpha value is -2.34. The summed E-state index contributed by atoms with van der Waals surface area (Å²) >= 11 is 1.42. The monoisotopic (exact) mass is 548 g/mol. The number of hydrogen-bond donors (Lipinski definition) is 3. The van der Waals surface area contributed by atoms with Crippen molar-refractivity contribution in [3.05, 3.63) is 46.8 Å². The lowest BCUT2D eigenvalue weighted by atomic mass is 9.84. The summed E-state index contributed by atoms with van der Waals surface area (Å²) in [6.45, 7) is 1.64. The molecule has 37 heavy (non-hydrogen) atoms. The van der Waals surface area contributed by atoms with Gasteiger partial charge in [0.2, 0.25) is 5.91 Å². The fraction of sp³-hybridized carbons (Fsp3) is 0.577. The third kappa shape index (κ3) is 6.95. The molecule has 1 saturated carbocycles. The number of aliphatic hydroxyl groups excluding tert-OH is 1. The summed E-state index contributed by atoms with van der Waals surface area (Å²) in [6.07, 6.45) is 7.24. The molecule has 202 valence electrons. The van der Waals surface area contributed by atoms with Gasteiger partial charge in [-0.2, -0.15) is 15.6 Å². The highest BCUT2D eigenvalue weighted by atomic mass is 32.2. The van der Waals surface area contributed by atoms with Crippen molar-refractivity contribution < 1.29 is 23.1 Å². The summed E-state index contributed by atoms with van der Waals surface area (Å²) < 4.78 is 27.7. The predicted molar refractivity (Wildman–Crippen MR) is 142 cm³/mol. The van der Waals surface area contributed by atoms with Gasteiger partial charge in [0.15, 0.2) is 5.03 Å². The quantitative estimate of drug-likeness (QED) is 0.465. The largest absolute Gasteiger partial charge is 0.390 e. The highest BCUT2D eigenvalue weighted by Crippen LogP contribution is 2.28. The number of nitrogens with one attached hydrogen (secondary N) is 2. The molecule has 0 spiro atoms. The van der Waals surface area contributed by atoms with E-state index in [2.05, 4.69) is 15.6 Å². The van der Waals surface area contributed by atoms with Crippen LogP contribution in [0.5, 0.6) is 0 Å². The van der Waals surface area contributed by atoms with Crippen molar-refractivity contribution in [2.24, 2.45) is 5.92 Å².